The summed E-state index contributed by atoms with van der Waals surface area (Å²) >= 11 is 0. The second kappa shape index (κ2) is 4.25. The third-order valence-electron chi connectivity index (χ3n) is 4.05. The van der Waals surface area contributed by atoms with Crippen LogP contribution < -0.4 is 10.4 Å². The number of hydrogen-bond donors (Lipinski definition) is 0. The second-order valence-electron chi connectivity index (χ2n) is 5.93. The topological polar surface area (TPSA) is 18.5 Å². The number of hydrogen-bond acceptors (Lipinski definition) is 2. The van der Waals surface area contributed by atoms with Crippen LogP contribution in [0.2, 0.25) is 0 Å². The summed E-state index contributed by atoms with van der Waals surface area (Å²) in [5.41, 5.74) is 0.489. The molecule has 1 aliphatic heterocycles. The van der Waals surface area contributed by atoms with Crippen LogP contribution in [0.15, 0.2) is 24.3 Å². The molecule has 0 amide bonds. The Morgan fingerprint density at radius 2 is 1.56 bits per heavy atom. The molecular weight excluding hydrogens is 223 g/mol. The summed E-state index contributed by atoms with van der Waals surface area (Å²) < 4.78 is 12.1. The lowest BCUT2D eigenvalue weighted by Gasteiger charge is -2.32. The normalized spacial score (nSPS) is 23.1. The van der Waals surface area contributed by atoms with Gasteiger partial charge in [0.05, 0.1) is 11.2 Å². The van der Waals surface area contributed by atoms with Crippen LogP contribution in [0.4, 0.5) is 0 Å². The van der Waals surface area contributed by atoms with Gasteiger partial charge in [0.2, 0.25) is 0 Å². The van der Waals surface area contributed by atoms with Crippen molar-refractivity contribution in [3.63, 3.8) is 0 Å². The lowest BCUT2D eigenvalue weighted by molar-refractivity contribution is 0.00578. The number of benzene rings is 1. The van der Waals surface area contributed by atoms with Crippen molar-refractivity contribution in [1.82, 2.24) is 0 Å². The fraction of sp³-hybridized carbons (Fsp3) is 0.467. The van der Waals surface area contributed by atoms with Crippen LogP contribution in [0, 0.1) is 0 Å². The first-order valence-corrected chi connectivity index (χ1v) is 6.35. The largest absolute Gasteiger partial charge is 0.490 e. The van der Waals surface area contributed by atoms with E-state index in [2.05, 4.69) is 40.3 Å². The average Bonchev–Trinajstić information content (AvgIpc) is 2.48. The van der Waals surface area contributed by atoms with E-state index in [0.29, 0.717) is 0 Å². The van der Waals surface area contributed by atoms with Gasteiger partial charge in [-0.1, -0.05) is 30.8 Å². The van der Waals surface area contributed by atoms with E-state index < -0.39 is 0 Å². The molecule has 2 nitrogen and oxygen atoms in total. The van der Waals surface area contributed by atoms with Gasteiger partial charge >= 0.3 is 7.12 Å². The average molecular weight is 244 g/mol. The van der Waals surface area contributed by atoms with Crippen molar-refractivity contribution < 1.29 is 9.31 Å². The van der Waals surface area contributed by atoms with Gasteiger partial charge < -0.3 is 9.31 Å². The van der Waals surface area contributed by atoms with Gasteiger partial charge in [0.15, 0.2) is 0 Å². The van der Waals surface area contributed by atoms with Gasteiger partial charge in [-0.3, -0.25) is 0 Å². The van der Waals surface area contributed by atoms with E-state index in [1.165, 1.54) is 0 Å². The zero-order valence-electron chi connectivity index (χ0n) is 11.9. The van der Waals surface area contributed by atoms with Crippen molar-refractivity contribution in [2.45, 2.75) is 45.8 Å². The highest BCUT2D eigenvalue weighted by atomic mass is 16.7. The predicted molar refractivity (Wildman–Crippen MR) is 76.4 cm³/mol. The minimum Gasteiger partial charge on any atom is -0.400 e. The van der Waals surface area contributed by atoms with E-state index in [9.17, 15) is 0 Å². The van der Waals surface area contributed by atoms with Gasteiger partial charge in [-0.15, -0.1) is 0 Å². The lowest BCUT2D eigenvalue weighted by atomic mass is 9.78. The first-order valence-electron chi connectivity index (χ1n) is 6.35. The van der Waals surface area contributed by atoms with E-state index in [1.54, 1.807) is 0 Å². The Balaban J connectivity index is 2.45. The third-order valence-corrected chi connectivity index (χ3v) is 4.05. The Labute approximate surface area is 109 Å². The summed E-state index contributed by atoms with van der Waals surface area (Å²) in [4.78, 5) is 0. The molecule has 18 heavy (non-hydrogen) atoms. The van der Waals surface area contributed by atoms with Crippen molar-refractivity contribution in [2.75, 3.05) is 0 Å². The first-order chi connectivity index (χ1) is 8.24. The molecule has 0 N–H and O–H groups in total. The standard InChI is InChI=1S/C15H21BO2/c1-11-9-7-8-10-13(11)12(2)16-17-14(3,4)15(5,6)18-16/h7-10H,1H2,2-6H3/b13-12+. The van der Waals surface area contributed by atoms with Gasteiger partial charge in [-0.05, 0) is 50.5 Å². The van der Waals surface area contributed by atoms with Gasteiger partial charge in [0.1, 0.15) is 0 Å². The molecule has 96 valence electrons. The van der Waals surface area contributed by atoms with E-state index >= 15 is 0 Å². The molecule has 0 saturated carbocycles. The molecule has 0 aliphatic carbocycles. The molecule has 1 aromatic carbocycles. The molecule has 0 aromatic heterocycles. The van der Waals surface area contributed by atoms with Crippen molar-refractivity contribution in [1.29, 1.82) is 0 Å². The van der Waals surface area contributed by atoms with Crippen LogP contribution in [0.3, 0.4) is 0 Å². The summed E-state index contributed by atoms with van der Waals surface area (Å²) in [6.45, 7) is 14.4. The third kappa shape index (κ3) is 2.13. The molecular formula is C15H21BO2. The fourth-order valence-corrected chi connectivity index (χ4v) is 2.05. The van der Waals surface area contributed by atoms with E-state index in [0.717, 1.165) is 15.9 Å². The molecule has 3 heteroatoms. The molecule has 0 spiro atoms. The van der Waals surface area contributed by atoms with Crippen LogP contribution in [0.5, 0.6) is 0 Å². The smallest absolute Gasteiger partial charge is 0.400 e. The minimum absolute atomic E-state index is 0.294. The molecule has 0 bridgehead atoms. The maximum atomic E-state index is 6.05. The van der Waals surface area contributed by atoms with E-state index in [1.807, 2.05) is 25.1 Å². The maximum absolute atomic E-state index is 6.05. The number of rotatable bonds is 1. The Hall–Kier alpha value is -1.06. The molecule has 0 atom stereocenters. The summed E-state index contributed by atoms with van der Waals surface area (Å²) in [6, 6.07) is 8.06. The van der Waals surface area contributed by atoms with Crippen molar-refractivity contribution in [3.8, 4) is 0 Å². The summed E-state index contributed by atoms with van der Waals surface area (Å²) in [7, 11) is -0.294. The molecule has 1 saturated heterocycles. The maximum Gasteiger partial charge on any atom is 0.490 e. The molecule has 1 aromatic rings. The summed E-state index contributed by atoms with van der Waals surface area (Å²) in [6.07, 6.45) is 0. The van der Waals surface area contributed by atoms with Crippen LogP contribution >= 0.6 is 0 Å². The predicted octanol–water partition coefficient (Wildman–Crippen LogP) is 1.90. The van der Waals surface area contributed by atoms with Crippen LogP contribution in [0.25, 0.3) is 12.1 Å². The Morgan fingerprint density at radius 3 is 2.06 bits per heavy atom. The highest BCUT2D eigenvalue weighted by Gasteiger charge is 2.51. The fourth-order valence-electron chi connectivity index (χ4n) is 2.05. The van der Waals surface area contributed by atoms with Crippen molar-refractivity contribution >= 4 is 19.2 Å². The van der Waals surface area contributed by atoms with E-state index in [-0.39, 0.29) is 18.3 Å². The minimum atomic E-state index is -0.297. The summed E-state index contributed by atoms with van der Waals surface area (Å²) in [5, 5.41) is 2.11. The molecule has 1 fully saturated rings. The Morgan fingerprint density at radius 1 is 1.06 bits per heavy atom. The zero-order valence-corrected chi connectivity index (χ0v) is 11.9. The second-order valence-corrected chi connectivity index (χ2v) is 5.93. The zero-order chi connectivity index (χ0) is 13.6. The molecule has 1 heterocycles. The van der Waals surface area contributed by atoms with Crippen LogP contribution in [-0.2, 0) is 9.31 Å². The Bertz CT molecular complexity index is 544. The van der Waals surface area contributed by atoms with Gasteiger partial charge in [0, 0.05) is 0 Å². The lowest BCUT2D eigenvalue weighted by Crippen LogP contribution is -2.41. The van der Waals surface area contributed by atoms with Crippen LogP contribution in [0.1, 0.15) is 34.6 Å². The first kappa shape index (κ1) is 13.4. The highest BCUT2D eigenvalue weighted by molar-refractivity contribution is 6.66. The molecule has 0 unspecified atom stereocenters. The SMILES string of the molecule is C=c1cccc/c1=C(/C)B1OC(C)(C)C(C)(C)O1. The van der Waals surface area contributed by atoms with E-state index in [4.69, 9.17) is 9.31 Å². The van der Waals surface area contributed by atoms with Crippen LogP contribution in [-0.4, -0.2) is 18.3 Å². The molecule has 0 radical (unpaired) electrons. The monoisotopic (exact) mass is 244 g/mol. The quantitative estimate of drug-likeness (QED) is 0.702. The molecule has 2 rings (SSSR count). The van der Waals surface area contributed by atoms with Gasteiger partial charge in [0.25, 0.3) is 0 Å². The van der Waals surface area contributed by atoms with Gasteiger partial charge in [-0.2, -0.15) is 0 Å². The Kier molecular flexibility index (Phi) is 3.16. The van der Waals surface area contributed by atoms with Crippen molar-refractivity contribution in [2.24, 2.45) is 0 Å². The van der Waals surface area contributed by atoms with Crippen molar-refractivity contribution in [3.05, 3.63) is 34.7 Å². The molecule has 1 aliphatic rings. The van der Waals surface area contributed by atoms with Gasteiger partial charge in [-0.25, -0.2) is 0 Å². The summed E-state index contributed by atoms with van der Waals surface area (Å²) in [5.74, 6) is 0. The highest BCUT2D eigenvalue weighted by Crippen LogP contribution is 2.38.